The van der Waals surface area contributed by atoms with Crippen molar-refractivity contribution < 1.29 is 9.21 Å². The first-order valence-corrected chi connectivity index (χ1v) is 10.3. The van der Waals surface area contributed by atoms with Crippen molar-refractivity contribution in [1.29, 1.82) is 0 Å². The van der Waals surface area contributed by atoms with Gasteiger partial charge in [0.1, 0.15) is 12.1 Å². The number of nitrogens with one attached hydrogen (secondary N) is 1. The summed E-state index contributed by atoms with van der Waals surface area (Å²) in [5.74, 6) is 0.799. The van der Waals surface area contributed by atoms with Crippen molar-refractivity contribution in [1.82, 2.24) is 30.4 Å². The van der Waals surface area contributed by atoms with Gasteiger partial charge in [-0.2, -0.15) is 0 Å². The molecule has 0 radical (unpaired) electrons. The van der Waals surface area contributed by atoms with Gasteiger partial charge in [-0.1, -0.05) is 29.8 Å². The Morgan fingerprint density at radius 3 is 3.03 bits per heavy atom. The molecule has 2 atom stereocenters. The van der Waals surface area contributed by atoms with Crippen molar-refractivity contribution >= 4 is 23.6 Å². The average molecular weight is 427 g/mol. The maximum Gasteiger partial charge on any atom is 0.237 e. The number of hydrogen-bond acceptors (Lipinski definition) is 6. The van der Waals surface area contributed by atoms with Gasteiger partial charge in [-0.25, -0.2) is 4.68 Å². The van der Waals surface area contributed by atoms with Crippen LogP contribution < -0.4 is 5.32 Å². The van der Waals surface area contributed by atoms with Crippen LogP contribution in [0.4, 0.5) is 0 Å². The summed E-state index contributed by atoms with van der Waals surface area (Å²) in [6, 6.07) is 11.2. The lowest BCUT2D eigenvalue weighted by atomic mass is 10.1. The van der Waals surface area contributed by atoms with E-state index in [1.807, 2.05) is 48.6 Å². The molecular formula is C21H23ClN6O2. The van der Waals surface area contributed by atoms with Crippen LogP contribution in [0.3, 0.4) is 0 Å². The van der Waals surface area contributed by atoms with Crippen molar-refractivity contribution in [2.75, 3.05) is 19.6 Å². The zero-order valence-electron chi connectivity index (χ0n) is 16.4. The number of furan rings is 1. The zero-order chi connectivity index (χ0) is 20.8. The highest BCUT2D eigenvalue weighted by Crippen LogP contribution is 2.26. The number of rotatable bonds is 8. The van der Waals surface area contributed by atoms with Crippen LogP contribution in [0.1, 0.15) is 23.8 Å². The van der Waals surface area contributed by atoms with E-state index in [2.05, 4.69) is 25.7 Å². The Hall–Kier alpha value is -2.97. The minimum absolute atomic E-state index is 0.0130. The number of likely N-dealkylation sites (tertiary alicyclic amines) is 1. The molecule has 3 heterocycles. The zero-order valence-corrected chi connectivity index (χ0v) is 17.2. The molecule has 0 bridgehead atoms. The van der Waals surface area contributed by atoms with Crippen LogP contribution in [0.15, 0.2) is 59.5 Å². The fourth-order valence-electron chi connectivity index (χ4n) is 3.71. The van der Waals surface area contributed by atoms with Gasteiger partial charge in [0, 0.05) is 24.7 Å². The molecular weight excluding hydrogens is 404 g/mol. The smallest absolute Gasteiger partial charge is 0.237 e. The lowest BCUT2D eigenvalue weighted by Gasteiger charge is -2.21. The van der Waals surface area contributed by atoms with Gasteiger partial charge >= 0.3 is 0 Å². The molecule has 0 spiro atoms. The number of aromatic nitrogens is 4. The summed E-state index contributed by atoms with van der Waals surface area (Å²) in [4.78, 5) is 15.1. The van der Waals surface area contributed by atoms with E-state index in [4.69, 9.17) is 16.0 Å². The second-order valence-electron chi connectivity index (χ2n) is 7.24. The molecule has 1 aliphatic rings. The summed E-state index contributed by atoms with van der Waals surface area (Å²) in [7, 11) is 0. The quantitative estimate of drug-likeness (QED) is 0.595. The van der Waals surface area contributed by atoms with Gasteiger partial charge < -0.3 is 9.73 Å². The summed E-state index contributed by atoms with van der Waals surface area (Å²) in [6.45, 7) is 1.88. The molecule has 30 heavy (non-hydrogen) atoms. The number of amides is 1. The lowest BCUT2D eigenvalue weighted by Crippen LogP contribution is -2.43. The molecule has 2 aromatic heterocycles. The lowest BCUT2D eigenvalue weighted by molar-refractivity contribution is -0.125. The van der Waals surface area contributed by atoms with Crippen molar-refractivity contribution in [3.8, 4) is 0 Å². The fourth-order valence-corrected chi connectivity index (χ4v) is 3.92. The normalized spacial score (nSPS) is 19.5. The molecule has 8 nitrogen and oxygen atoms in total. The molecule has 1 aromatic carbocycles. The number of tetrazole rings is 1. The van der Waals surface area contributed by atoms with Crippen LogP contribution in [0.5, 0.6) is 0 Å². The van der Waals surface area contributed by atoms with Gasteiger partial charge in [0.05, 0.1) is 18.3 Å². The van der Waals surface area contributed by atoms with E-state index in [-0.39, 0.29) is 18.0 Å². The van der Waals surface area contributed by atoms with Crippen LogP contribution >= 0.6 is 11.6 Å². The Morgan fingerprint density at radius 2 is 2.27 bits per heavy atom. The van der Waals surface area contributed by atoms with Gasteiger partial charge in [0.15, 0.2) is 0 Å². The first kappa shape index (κ1) is 20.3. The maximum atomic E-state index is 12.9. The standard InChI is InChI=1S/C21H23ClN6O2/c22-17-5-1-4-16(12-17)8-9-23-21(29)20-13-18(28-15-24-25-26-28)14-27(20)10-2-6-19-7-3-11-30-19/h1-7,11-12,15,18,20H,8-10,13-14H2,(H,23,29)/b6-2+/t18-,20+/m1/s1. The number of halogens is 1. The highest BCUT2D eigenvalue weighted by atomic mass is 35.5. The minimum Gasteiger partial charge on any atom is -0.465 e. The Morgan fingerprint density at radius 1 is 1.33 bits per heavy atom. The third-order valence-corrected chi connectivity index (χ3v) is 5.43. The van der Waals surface area contributed by atoms with Crippen molar-refractivity contribution in [2.45, 2.75) is 24.9 Å². The summed E-state index contributed by atoms with van der Waals surface area (Å²) >= 11 is 6.03. The van der Waals surface area contributed by atoms with Crippen LogP contribution in [0.2, 0.25) is 5.02 Å². The highest BCUT2D eigenvalue weighted by Gasteiger charge is 2.37. The van der Waals surface area contributed by atoms with Crippen LogP contribution in [-0.2, 0) is 11.2 Å². The second-order valence-corrected chi connectivity index (χ2v) is 7.67. The number of hydrogen-bond donors (Lipinski definition) is 1. The Labute approximate surface area is 179 Å². The van der Waals surface area contributed by atoms with E-state index in [1.54, 1.807) is 17.3 Å². The summed E-state index contributed by atoms with van der Waals surface area (Å²) in [6.07, 6.45) is 8.54. The molecule has 3 aromatic rings. The Bertz CT molecular complexity index is 973. The topological polar surface area (TPSA) is 89.1 Å². The van der Waals surface area contributed by atoms with Crippen molar-refractivity contribution in [3.63, 3.8) is 0 Å². The van der Waals surface area contributed by atoms with Gasteiger partial charge in [-0.3, -0.25) is 9.69 Å². The predicted molar refractivity (Wildman–Crippen MR) is 113 cm³/mol. The summed E-state index contributed by atoms with van der Waals surface area (Å²) in [5.41, 5.74) is 1.10. The summed E-state index contributed by atoms with van der Waals surface area (Å²) < 4.78 is 7.06. The van der Waals surface area contributed by atoms with Crippen molar-refractivity contribution in [3.05, 3.63) is 71.4 Å². The maximum absolute atomic E-state index is 12.9. The van der Waals surface area contributed by atoms with Crippen LogP contribution in [-0.4, -0.2) is 56.7 Å². The highest BCUT2D eigenvalue weighted by molar-refractivity contribution is 6.30. The predicted octanol–water partition coefficient (Wildman–Crippen LogP) is 2.61. The first-order valence-electron chi connectivity index (χ1n) is 9.88. The van der Waals surface area contributed by atoms with Crippen LogP contribution in [0, 0.1) is 0 Å². The molecule has 1 aliphatic heterocycles. The second kappa shape index (κ2) is 9.69. The largest absolute Gasteiger partial charge is 0.465 e. The molecule has 156 valence electrons. The molecule has 1 amide bonds. The Kier molecular flexibility index (Phi) is 6.56. The molecule has 1 fully saturated rings. The molecule has 0 aliphatic carbocycles. The van der Waals surface area contributed by atoms with Gasteiger partial charge in [-0.15, -0.1) is 5.10 Å². The fraction of sp³-hybridized carbons (Fsp3) is 0.333. The summed E-state index contributed by atoms with van der Waals surface area (Å²) in [5, 5.41) is 15.2. The van der Waals surface area contributed by atoms with E-state index in [0.29, 0.717) is 31.1 Å². The molecule has 0 saturated carbocycles. The minimum atomic E-state index is -0.250. The molecule has 9 heteroatoms. The SMILES string of the molecule is O=C(NCCc1cccc(Cl)c1)[C@@H]1C[C@@H](n2cnnn2)CN1C/C=C/c1ccco1. The van der Waals surface area contributed by atoms with Gasteiger partial charge in [0.2, 0.25) is 5.91 Å². The number of carbonyl (C=O) groups excluding carboxylic acids is 1. The van der Waals surface area contributed by atoms with E-state index in [1.165, 1.54) is 0 Å². The van der Waals surface area contributed by atoms with Gasteiger partial charge in [0.25, 0.3) is 0 Å². The van der Waals surface area contributed by atoms with Crippen molar-refractivity contribution in [2.24, 2.45) is 0 Å². The van der Waals surface area contributed by atoms with E-state index in [0.717, 1.165) is 17.7 Å². The van der Waals surface area contributed by atoms with Gasteiger partial charge in [-0.05, 0) is 59.2 Å². The molecule has 1 N–H and O–H groups in total. The average Bonchev–Trinajstić information content (AvgIpc) is 3.50. The first-order chi connectivity index (χ1) is 14.7. The molecule has 1 saturated heterocycles. The van der Waals surface area contributed by atoms with E-state index >= 15 is 0 Å². The number of benzene rings is 1. The van der Waals surface area contributed by atoms with Crippen LogP contribution in [0.25, 0.3) is 6.08 Å². The van der Waals surface area contributed by atoms with E-state index in [9.17, 15) is 4.79 Å². The number of nitrogens with zero attached hydrogens (tertiary/aromatic N) is 5. The third-order valence-electron chi connectivity index (χ3n) is 5.19. The Balaban J connectivity index is 1.37. The van der Waals surface area contributed by atoms with E-state index < -0.39 is 0 Å². The monoisotopic (exact) mass is 426 g/mol. The molecule has 0 unspecified atom stereocenters. The number of carbonyl (C=O) groups is 1. The third kappa shape index (κ3) is 5.14. The molecule has 4 rings (SSSR count).